The molecule has 0 saturated carbocycles. The minimum absolute atomic E-state index is 0.332. The van der Waals surface area contributed by atoms with E-state index in [-0.39, 0.29) is 0 Å². The van der Waals surface area contributed by atoms with Gasteiger partial charge in [-0.3, -0.25) is 4.68 Å². The lowest BCUT2D eigenvalue weighted by molar-refractivity contribution is 0.414. The third kappa shape index (κ3) is 3.50. The summed E-state index contributed by atoms with van der Waals surface area (Å²) in [7, 11) is 1.63. The number of methoxy groups -OCH3 is 1. The molecule has 0 unspecified atom stereocenters. The molecular weight excluding hydrogens is 262 g/mol. The molecule has 2 aromatic rings. The van der Waals surface area contributed by atoms with Gasteiger partial charge in [-0.15, -0.1) is 0 Å². The van der Waals surface area contributed by atoms with E-state index in [9.17, 15) is 0 Å². The quantitative estimate of drug-likeness (QED) is 0.871. The molecule has 19 heavy (non-hydrogen) atoms. The Hall–Kier alpha value is -1.96. The highest BCUT2D eigenvalue weighted by atomic mass is 35.5. The summed E-state index contributed by atoms with van der Waals surface area (Å²) in [6.45, 7) is 0.914. The maximum Gasteiger partial charge on any atom is 0.119 e. The highest BCUT2D eigenvalue weighted by Gasteiger charge is 2.05. The van der Waals surface area contributed by atoms with E-state index in [0.717, 1.165) is 16.9 Å². The van der Waals surface area contributed by atoms with Crippen LogP contribution in [0.1, 0.15) is 11.1 Å². The summed E-state index contributed by atoms with van der Waals surface area (Å²) in [6, 6.07) is 5.73. The van der Waals surface area contributed by atoms with E-state index in [1.54, 1.807) is 24.2 Å². The molecule has 1 aromatic carbocycles. The zero-order chi connectivity index (χ0) is 13.7. The molecule has 2 N–H and O–H groups in total. The zero-order valence-corrected chi connectivity index (χ0v) is 11.3. The SMILES string of the molecule is COc1ccc(C#CCN)c(Cn2cc(Cl)cn2)c1. The number of nitrogens with zero attached hydrogens (tertiary/aromatic N) is 2. The molecule has 0 atom stereocenters. The van der Waals surface area contributed by atoms with E-state index in [1.165, 1.54) is 0 Å². The van der Waals surface area contributed by atoms with Gasteiger partial charge in [0.2, 0.25) is 0 Å². The number of aromatic nitrogens is 2. The summed E-state index contributed by atoms with van der Waals surface area (Å²) in [5, 5.41) is 4.77. The maximum atomic E-state index is 5.86. The fourth-order valence-corrected chi connectivity index (χ4v) is 1.85. The number of benzene rings is 1. The van der Waals surface area contributed by atoms with E-state index in [0.29, 0.717) is 18.1 Å². The molecule has 0 aliphatic rings. The molecule has 2 rings (SSSR count). The van der Waals surface area contributed by atoms with Gasteiger partial charge in [0.15, 0.2) is 0 Å². The zero-order valence-electron chi connectivity index (χ0n) is 10.6. The van der Waals surface area contributed by atoms with Crippen molar-refractivity contribution in [3.05, 3.63) is 46.7 Å². The van der Waals surface area contributed by atoms with Crippen LogP contribution < -0.4 is 10.5 Å². The van der Waals surface area contributed by atoms with Crippen LogP contribution in [0.3, 0.4) is 0 Å². The lowest BCUT2D eigenvalue weighted by Gasteiger charge is -2.08. The number of hydrogen-bond acceptors (Lipinski definition) is 3. The molecule has 1 aromatic heterocycles. The van der Waals surface area contributed by atoms with Crippen molar-refractivity contribution in [3.8, 4) is 17.6 Å². The van der Waals surface area contributed by atoms with Crippen molar-refractivity contribution in [1.82, 2.24) is 9.78 Å². The molecule has 0 saturated heterocycles. The molecular formula is C14H14ClN3O. The van der Waals surface area contributed by atoms with Crippen molar-refractivity contribution < 1.29 is 4.74 Å². The minimum Gasteiger partial charge on any atom is -0.497 e. The van der Waals surface area contributed by atoms with Crippen LogP contribution in [-0.4, -0.2) is 23.4 Å². The largest absolute Gasteiger partial charge is 0.497 e. The Morgan fingerprint density at radius 2 is 2.32 bits per heavy atom. The second-order valence-electron chi connectivity index (χ2n) is 3.89. The average Bonchev–Trinajstić information content (AvgIpc) is 2.82. The van der Waals surface area contributed by atoms with Gasteiger partial charge in [0, 0.05) is 11.8 Å². The predicted octanol–water partition coefficient (Wildman–Crippen LogP) is 1.90. The first-order valence-corrected chi connectivity index (χ1v) is 6.14. The molecule has 0 radical (unpaired) electrons. The van der Waals surface area contributed by atoms with Crippen LogP contribution in [-0.2, 0) is 6.54 Å². The first-order valence-electron chi connectivity index (χ1n) is 5.76. The molecule has 1 heterocycles. The van der Waals surface area contributed by atoms with Crippen molar-refractivity contribution in [2.24, 2.45) is 5.73 Å². The Morgan fingerprint density at radius 1 is 1.47 bits per heavy atom. The number of rotatable bonds is 3. The van der Waals surface area contributed by atoms with Crippen LogP contribution >= 0.6 is 11.6 Å². The predicted molar refractivity (Wildman–Crippen MR) is 75.3 cm³/mol. The Morgan fingerprint density at radius 3 is 2.95 bits per heavy atom. The van der Waals surface area contributed by atoms with Gasteiger partial charge in [-0.05, 0) is 23.8 Å². The summed E-state index contributed by atoms with van der Waals surface area (Å²) in [5.41, 5.74) is 7.33. The van der Waals surface area contributed by atoms with Gasteiger partial charge >= 0.3 is 0 Å². The molecule has 4 nitrogen and oxygen atoms in total. The highest BCUT2D eigenvalue weighted by molar-refractivity contribution is 6.30. The third-order valence-electron chi connectivity index (χ3n) is 2.57. The Labute approximate surface area is 117 Å². The first kappa shape index (κ1) is 13.5. The summed E-state index contributed by atoms with van der Waals surface area (Å²) in [5.74, 6) is 6.69. The molecule has 0 amide bonds. The van der Waals surface area contributed by atoms with Gasteiger partial charge in [0.05, 0.1) is 31.4 Å². The maximum absolute atomic E-state index is 5.86. The van der Waals surface area contributed by atoms with Crippen LogP contribution in [0.4, 0.5) is 0 Å². The van der Waals surface area contributed by atoms with E-state index < -0.39 is 0 Å². The van der Waals surface area contributed by atoms with Crippen molar-refractivity contribution in [3.63, 3.8) is 0 Å². The lowest BCUT2D eigenvalue weighted by atomic mass is 10.1. The van der Waals surface area contributed by atoms with Crippen LogP contribution in [0.15, 0.2) is 30.6 Å². The van der Waals surface area contributed by atoms with Crippen molar-refractivity contribution >= 4 is 11.6 Å². The summed E-state index contributed by atoms with van der Waals surface area (Å²) < 4.78 is 6.98. The summed E-state index contributed by atoms with van der Waals surface area (Å²) in [6.07, 6.45) is 3.37. The van der Waals surface area contributed by atoms with Crippen molar-refractivity contribution in [1.29, 1.82) is 0 Å². The molecule has 0 bridgehead atoms. The van der Waals surface area contributed by atoms with Crippen LogP contribution in [0.5, 0.6) is 5.75 Å². The number of halogens is 1. The fourth-order valence-electron chi connectivity index (χ4n) is 1.70. The van der Waals surface area contributed by atoms with Crippen molar-refractivity contribution in [2.45, 2.75) is 6.54 Å². The minimum atomic E-state index is 0.332. The van der Waals surface area contributed by atoms with Gasteiger partial charge in [-0.1, -0.05) is 23.4 Å². The third-order valence-corrected chi connectivity index (χ3v) is 2.77. The lowest BCUT2D eigenvalue weighted by Crippen LogP contribution is -2.03. The second kappa shape index (κ2) is 6.28. The van der Waals surface area contributed by atoms with E-state index in [2.05, 4.69) is 16.9 Å². The summed E-state index contributed by atoms with van der Waals surface area (Å²) >= 11 is 5.86. The van der Waals surface area contributed by atoms with Crippen LogP contribution in [0, 0.1) is 11.8 Å². The van der Waals surface area contributed by atoms with Crippen LogP contribution in [0.25, 0.3) is 0 Å². The van der Waals surface area contributed by atoms with Gasteiger partial charge in [-0.2, -0.15) is 5.10 Å². The van der Waals surface area contributed by atoms with E-state index in [4.69, 9.17) is 22.1 Å². The number of hydrogen-bond donors (Lipinski definition) is 1. The molecule has 0 aliphatic heterocycles. The molecule has 5 heteroatoms. The van der Waals surface area contributed by atoms with Gasteiger partial charge in [0.25, 0.3) is 0 Å². The Bertz CT molecular complexity index is 625. The van der Waals surface area contributed by atoms with Gasteiger partial charge < -0.3 is 10.5 Å². The van der Waals surface area contributed by atoms with Crippen molar-refractivity contribution in [2.75, 3.05) is 13.7 Å². The molecule has 0 fully saturated rings. The molecule has 98 valence electrons. The Balaban J connectivity index is 2.34. The first-order chi connectivity index (χ1) is 9.22. The van der Waals surface area contributed by atoms with Gasteiger partial charge in [0.1, 0.15) is 5.75 Å². The standard InChI is InChI=1S/C14H14ClN3O/c1-19-14-5-4-11(3-2-6-16)12(7-14)9-18-10-13(15)8-17-18/h4-5,7-8,10H,6,9,16H2,1H3. The normalized spacial score (nSPS) is 9.84. The summed E-state index contributed by atoms with van der Waals surface area (Å²) in [4.78, 5) is 0. The topological polar surface area (TPSA) is 53.1 Å². The van der Waals surface area contributed by atoms with Crippen LogP contribution in [0.2, 0.25) is 5.02 Å². The average molecular weight is 276 g/mol. The van der Waals surface area contributed by atoms with Gasteiger partial charge in [-0.25, -0.2) is 0 Å². The highest BCUT2D eigenvalue weighted by Crippen LogP contribution is 2.18. The monoisotopic (exact) mass is 275 g/mol. The smallest absolute Gasteiger partial charge is 0.119 e. The van der Waals surface area contributed by atoms with E-state index in [1.807, 2.05) is 18.2 Å². The fraction of sp³-hybridized carbons (Fsp3) is 0.214. The number of ether oxygens (including phenoxy) is 1. The molecule has 0 aliphatic carbocycles. The van der Waals surface area contributed by atoms with E-state index >= 15 is 0 Å². The Kier molecular flexibility index (Phi) is 4.45. The molecule has 0 spiro atoms. The number of nitrogens with two attached hydrogens (primary N) is 1. The second-order valence-corrected chi connectivity index (χ2v) is 4.32.